The van der Waals surface area contributed by atoms with E-state index < -0.39 is 0 Å². The number of nitrogens with zero attached hydrogens (tertiary/aromatic N) is 3. The molecule has 25 heavy (non-hydrogen) atoms. The van der Waals surface area contributed by atoms with Crippen LogP contribution < -0.4 is 0 Å². The summed E-state index contributed by atoms with van der Waals surface area (Å²) in [6.45, 7) is 2.09. The highest BCUT2D eigenvalue weighted by molar-refractivity contribution is 7.10. The fraction of sp³-hybridized carbons (Fsp3) is 0.421. The zero-order valence-electron chi connectivity index (χ0n) is 14.0. The zero-order valence-corrected chi connectivity index (χ0v) is 14.8. The largest absolute Gasteiger partial charge is 0.337 e. The molecule has 2 atom stereocenters. The van der Waals surface area contributed by atoms with Crippen molar-refractivity contribution in [2.24, 2.45) is 5.92 Å². The SMILES string of the molecule is O=C(c1ccccn1)N1C[C@H]2CC[C@@H](C1)N(C(=O)Cc1cccs1)C2. The summed E-state index contributed by atoms with van der Waals surface area (Å²) in [5, 5.41) is 2.00. The van der Waals surface area contributed by atoms with E-state index in [2.05, 4.69) is 4.98 Å². The Bertz CT molecular complexity index is 747. The van der Waals surface area contributed by atoms with Gasteiger partial charge in [-0.2, -0.15) is 0 Å². The van der Waals surface area contributed by atoms with Crippen LogP contribution in [0, 0.1) is 5.92 Å². The quantitative estimate of drug-likeness (QED) is 0.850. The van der Waals surface area contributed by atoms with E-state index in [-0.39, 0.29) is 17.9 Å². The second-order valence-electron chi connectivity index (χ2n) is 6.82. The number of thiophene rings is 1. The molecule has 0 radical (unpaired) electrons. The Morgan fingerprint density at radius 3 is 2.80 bits per heavy atom. The van der Waals surface area contributed by atoms with Gasteiger partial charge >= 0.3 is 0 Å². The first kappa shape index (κ1) is 16.3. The molecule has 2 aromatic heterocycles. The number of fused-ring (bicyclic) bond motifs is 4. The minimum Gasteiger partial charge on any atom is -0.337 e. The Morgan fingerprint density at radius 2 is 2.04 bits per heavy atom. The fourth-order valence-electron chi connectivity index (χ4n) is 3.87. The van der Waals surface area contributed by atoms with Gasteiger partial charge in [-0.05, 0) is 42.3 Å². The lowest BCUT2D eigenvalue weighted by Crippen LogP contribution is -2.48. The number of piperidine rings is 1. The van der Waals surface area contributed by atoms with Crippen molar-refractivity contribution in [2.45, 2.75) is 25.3 Å². The lowest BCUT2D eigenvalue weighted by molar-refractivity contribution is -0.134. The second-order valence-corrected chi connectivity index (χ2v) is 7.86. The number of carbonyl (C=O) groups excluding carboxylic acids is 2. The van der Waals surface area contributed by atoms with Crippen molar-refractivity contribution in [1.82, 2.24) is 14.8 Å². The predicted octanol–water partition coefficient (Wildman–Crippen LogP) is 2.45. The van der Waals surface area contributed by atoms with Crippen LogP contribution in [-0.2, 0) is 11.2 Å². The van der Waals surface area contributed by atoms with Gasteiger partial charge in [0.25, 0.3) is 5.91 Å². The van der Waals surface area contributed by atoms with E-state index in [0.29, 0.717) is 31.1 Å². The van der Waals surface area contributed by atoms with Gasteiger partial charge in [-0.15, -0.1) is 11.3 Å². The van der Waals surface area contributed by atoms with Gasteiger partial charge in [0.05, 0.1) is 6.42 Å². The molecule has 0 spiro atoms. The average molecular weight is 355 g/mol. The van der Waals surface area contributed by atoms with Gasteiger partial charge in [-0.25, -0.2) is 0 Å². The van der Waals surface area contributed by atoms with E-state index in [4.69, 9.17) is 0 Å². The first-order chi connectivity index (χ1) is 12.2. The van der Waals surface area contributed by atoms with E-state index in [1.165, 1.54) is 0 Å². The topological polar surface area (TPSA) is 53.5 Å². The van der Waals surface area contributed by atoms with E-state index in [9.17, 15) is 9.59 Å². The standard InChI is InChI=1S/C19H21N3O2S/c23-18(10-16-4-3-9-25-16)22-12-14-6-7-15(22)13-21(11-14)19(24)17-5-1-2-8-20-17/h1-5,8-9,14-15H,6-7,10-13H2/t14-,15+/m1/s1. The maximum Gasteiger partial charge on any atom is 0.272 e. The maximum atomic E-state index is 12.8. The summed E-state index contributed by atoms with van der Waals surface area (Å²) in [6, 6.07) is 9.52. The van der Waals surface area contributed by atoms with Gasteiger partial charge in [0.2, 0.25) is 5.91 Å². The molecule has 0 saturated carbocycles. The molecule has 130 valence electrons. The van der Waals surface area contributed by atoms with Crippen LogP contribution in [0.2, 0.25) is 0 Å². The van der Waals surface area contributed by atoms with Crippen molar-refractivity contribution in [2.75, 3.05) is 19.6 Å². The first-order valence-corrected chi connectivity index (χ1v) is 9.61. The molecule has 5 heterocycles. The lowest BCUT2D eigenvalue weighted by Gasteiger charge is -2.36. The summed E-state index contributed by atoms with van der Waals surface area (Å²) < 4.78 is 0. The number of rotatable bonds is 3. The van der Waals surface area contributed by atoms with Crippen LogP contribution in [0.15, 0.2) is 41.9 Å². The van der Waals surface area contributed by atoms with Crippen molar-refractivity contribution >= 4 is 23.2 Å². The van der Waals surface area contributed by atoms with Crippen LogP contribution >= 0.6 is 11.3 Å². The lowest BCUT2D eigenvalue weighted by atomic mass is 9.94. The Balaban J connectivity index is 1.48. The van der Waals surface area contributed by atoms with Crippen molar-refractivity contribution in [3.63, 3.8) is 0 Å². The molecule has 2 bridgehead atoms. The highest BCUT2D eigenvalue weighted by Gasteiger charge is 2.38. The molecule has 3 aliphatic rings. The molecule has 0 N–H and O–H groups in total. The number of aromatic nitrogens is 1. The van der Waals surface area contributed by atoms with Crippen LogP contribution in [-0.4, -0.2) is 52.3 Å². The molecule has 3 saturated heterocycles. The molecular weight excluding hydrogens is 334 g/mol. The van der Waals surface area contributed by atoms with Gasteiger partial charge in [0.1, 0.15) is 5.69 Å². The number of hydrogen-bond donors (Lipinski definition) is 0. The number of hydrogen-bond acceptors (Lipinski definition) is 4. The highest BCUT2D eigenvalue weighted by Crippen LogP contribution is 2.29. The Morgan fingerprint density at radius 1 is 1.12 bits per heavy atom. The molecule has 6 heteroatoms. The van der Waals surface area contributed by atoms with E-state index >= 15 is 0 Å². The molecule has 2 amide bonds. The minimum absolute atomic E-state index is 0.0231. The van der Waals surface area contributed by atoms with Crippen molar-refractivity contribution in [1.29, 1.82) is 0 Å². The molecule has 5 nitrogen and oxygen atoms in total. The summed E-state index contributed by atoms with van der Waals surface area (Å²) in [5.74, 6) is 0.521. The molecule has 0 unspecified atom stereocenters. The summed E-state index contributed by atoms with van der Waals surface area (Å²) in [6.07, 6.45) is 4.18. The van der Waals surface area contributed by atoms with Crippen LogP contribution in [0.5, 0.6) is 0 Å². The number of amides is 2. The fourth-order valence-corrected chi connectivity index (χ4v) is 4.56. The van der Waals surface area contributed by atoms with Crippen LogP contribution in [0.25, 0.3) is 0 Å². The zero-order chi connectivity index (χ0) is 17.2. The van der Waals surface area contributed by atoms with Crippen LogP contribution in [0.1, 0.15) is 28.2 Å². The van der Waals surface area contributed by atoms with E-state index in [0.717, 1.165) is 24.3 Å². The highest BCUT2D eigenvalue weighted by atomic mass is 32.1. The minimum atomic E-state index is -0.0231. The number of carbonyl (C=O) groups is 2. The van der Waals surface area contributed by atoms with Crippen molar-refractivity contribution in [3.8, 4) is 0 Å². The molecule has 5 rings (SSSR count). The maximum absolute atomic E-state index is 12.8. The molecule has 0 aliphatic carbocycles. The van der Waals surface area contributed by atoms with Gasteiger partial charge in [-0.1, -0.05) is 12.1 Å². The summed E-state index contributed by atoms with van der Waals surface area (Å²) in [5.41, 5.74) is 0.486. The monoisotopic (exact) mass is 355 g/mol. The third-order valence-corrected chi connectivity index (χ3v) is 5.99. The predicted molar refractivity (Wildman–Crippen MR) is 96.4 cm³/mol. The van der Waals surface area contributed by atoms with Crippen LogP contribution in [0.3, 0.4) is 0 Å². The van der Waals surface area contributed by atoms with Gasteiger partial charge < -0.3 is 9.80 Å². The van der Waals surface area contributed by atoms with Crippen LogP contribution in [0.4, 0.5) is 0 Å². The second kappa shape index (κ2) is 6.96. The van der Waals surface area contributed by atoms with E-state index in [1.54, 1.807) is 23.6 Å². The third kappa shape index (κ3) is 3.44. The Kier molecular flexibility index (Phi) is 4.53. The molecule has 0 aromatic carbocycles. The van der Waals surface area contributed by atoms with Gasteiger partial charge in [0, 0.05) is 36.8 Å². The van der Waals surface area contributed by atoms with Gasteiger partial charge in [-0.3, -0.25) is 14.6 Å². The normalized spacial score (nSPS) is 22.7. The average Bonchev–Trinajstić information content (AvgIpc) is 2.98. The summed E-state index contributed by atoms with van der Waals surface area (Å²) in [4.78, 5) is 34.7. The molecule has 3 fully saturated rings. The van der Waals surface area contributed by atoms with Gasteiger partial charge in [0.15, 0.2) is 0 Å². The Labute approximate surface area is 151 Å². The number of pyridine rings is 1. The summed E-state index contributed by atoms with van der Waals surface area (Å²) in [7, 11) is 0. The first-order valence-electron chi connectivity index (χ1n) is 8.73. The molecule has 3 aliphatic heterocycles. The summed E-state index contributed by atoms with van der Waals surface area (Å²) >= 11 is 1.62. The van der Waals surface area contributed by atoms with Crippen molar-refractivity contribution < 1.29 is 9.59 Å². The van der Waals surface area contributed by atoms with E-state index in [1.807, 2.05) is 39.4 Å². The molecule has 2 aromatic rings. The molecular formula is C19H21N3O2S. The Hall–Kier alpha value is -2.21. The third-order valence-electron chi connectivity index (χ3n) is 5.11. The smallest absolute Gasteiger partial charge is 0.272 e. The van der Waals surface area contributed by atoms with Crippen molar-refractivity contribution in [3.05, 3.63) is 52.5 Å².